The van der Waals surface area contributed by atoms with Crippen LogP contribution in [0.2, 0.25) is 0 Å². The number of aromatic nitrogens is 2. The molecule has 1 aromatic carbocycles. The summed E-state index contributed by atoms with van der Waals surface area (Å²) in [5.41, 5.74) is 2.65. The van der Waals surface area contributed by atoms with Crippen LogP contribution in [-0.4, -0.2) is 46.0 Å². The third-order valence-electron chi connectivity index (χ3n) is 5.93. The van der Waals surface area contributed by atoms with Gasteiger partial charge in [-0.25, -0.2) is 4.98 Å². The van der Waals surface area contributed by atoms with Crippen molar-refractivity contribution in [3.05, 3.63) is 41.7 Å². The monoisotopic (exact) mass is 395 g/mol. The first kappa shape index (κ1) is 19.7. The molecule has 1 fully saturated rings. The lowest BCUT2D eigenvalue weighted by atomic mass is 9.97. The molecule has 3 heterocycles. The third kappa shape index (κ3) is 4.07. The van der Waals surface area contributed by atoms with Crippen LogP contribution >= 0.6 is 0 Å². The van der Waals surface area contributed by atoms with E-state index in [0.29, 0.717) is 25.4 Å². The van der Waals surface area contributed by atoms with Gasteiger partial charge in [-0.2, -0.15) is 0 Å². The highest BCUT2D eigenvalue weighted by Gasteiger charge is 2.33. The highest BCUT2D eigenvalue weighted by atomic mass is 16.5. The Hall–Kier alpha value is -2.63. The Bertz CT molecular complexity index is 875. The average molecular weight is 396 g/mol. The second-order valence-electron chi connectivity index (χ2n) is 7.90. The molecule has 0 radical (unpaired) electrons. The zero-order chi connectivity index (χ0) is 20.2. The number of amides is 1. The molecule has 0 saturated carbocycles. The van der Waals surface area contributed by atoms with E-state index in [1.54, 1.807) is 4.90 Å². The predicted molar refractivity (Wildman–Crippen MR) is 110 cm³/mol. The van der Waals surface area contributed by atoms with E-state index >= 15 is 0 Å². The Balaban J connectivity index is 1.65. The van der Waals surface area contributed by atoms with Crippen molar-refractivity contribution >= 4 is 11.9 Å². The minimum absolute atomic E-state index is 0.0492. The molecule has 2 aliphatic rings. The quantitative estimate of drug-likeness (QED) is 0.741. The van der Waals surface area contributed by atoms with Gasteiger partial charge in [-0.15, -0.1) is 0 Å². The molecule has 6 heteroatoms. The van der Waals surface area contributed by atoms with Crippen LogP contribution in [-0.2, 0) is 22.5 Å². The summed E-state index contributed by atoms with van der Waals surface area (Å²) in [6.45, 7) is 4.17. The fourth-order valence-corrected chi connectivity index (χ4v) is 4.46. The average Bonchev–Trinajstić information content (AvgIpc) is 2.95. The van der Waals surface area contributed by atoms with E-state index in [0.717, 1.165) is 62.2 Å². The molecule has 2 aliphatic heterocycles. The van der Waals surface area contributed by atoms with E-state index < -0.39 is 0 Å². The number of piperidine rings is 1. The molecule has 1 atom stereocenters. The number of hydrogen-bond acceptors (Lipinski definition) is 4. The van der Waals surface area contributed by atoms with Gasteiger partial charge >= 0.3 is 5.97 Å². The van der Waals surface area contributed by atoms with Gasteiger partial charge in [0.25, 0.3) is 5.91 Å². The van der Waals surface area contributed by atoms with E-state index in [9.17, 15) is 9.59 Å². The number of nitrogens with zero attached hydrogens (tertiary/aromatic N) is 3. The number of imidazole rings is 1. The van der Waals surface area contributed by atoms with Crippen molar-refractivity contribution in [2.24, 2.45) is 5.92 Å². The minimum Gasteiger partial charge on any atom is -0.466 e. The minimum atomic E-state index is -0.234. The fourth-order valence-electron chi connectivity index (χ4n) is 4.46. The molecule has 0 spiro atoms. The normalized spacial score (nSPS) is 19.3. The molecular weight excluding hydrogens is 366 g/mol. The van der Waals surface area contributed by atoms with Crippen molar-refractivity contribution in [1.29, 1.82) is 0 Å². The number of benzene rings is 1. The second-order valence-corrected chi connectivity index (χ2v) is 7.90. The van der Waals surface area contributed by atoms with E-state index in [-0.39, 0.29) is 17.8 Å². The van der Waals surface area contributed by atoms with Crippen LogP contribution in [0.25, 0.3) is 11.4 Å². The van der Waals surface area contributed by atoms with E-state index in [1.165, 1.54) is 0 Å². The molecule has 1 unspecified atom stereocenters. The molecule has 0 bridgehead atoms. The van der Waals surface area contributed by atoms with Gasteiger partial charge < -0.3 is 14.2 Å². The van der Waals surface area contributed by atoms with Gasteiger partial charge in [-0.3, -0.25) is 9.59 Å². The third-order valence-corrected chi connectivity index (χ3v) is 5.93. The highest BCUT2D eigenvalue weighted by Crippen LogP contribution is 2.29. The molecular formula is C23H29N3O3. The first-order chi connectivity index (χ1) is 14.2. The smallest absolute Gasteiger partial charge is 0.310 e. The van der Waals surface area contributed by atoms with Crippen LogP contribution in [0.15, 0.2) is 30.3 Å². The first-order valence-corrected chi connectivity index (χ1v) is 10.8. The molecule has 0 aliphatic carbocycles. The van der Waals surface area contributed by atoms with Crippen LogP contribution in [0.1, 0.15) is 55.2 Å². The molecule has 4 rings (SSSR count). The molecule has 29 heavy (non-hydrogen) atoms. The summed E-state index contributed by atoms with van der Waals surface area (Å²) in [5.74, 6) is 0.401. The summed E-state index contributed by atoms with van der Waals surface area (Å²) < 4.78 is 7.43. The van der Waals surface area contributed by atoms with Crippen molar-refractivity contribution < 1.29 is 14.3 Å². The summed E-state index contributed by atoms with van der Waals surface area (Å²) in [5, 5.41) is 0. The zero-order valence-corrected chi connectivity index (χ0v) is 17.1. The summed E-state index contributed by atoms with van der Waals surface area (Å²) in [6, 6.07) is 10.1. The molecule has 6 nitrogen and oxygen atoms in total. The number of carbonyl (C=O) groups is 2. The summed E-state index contributed by atoms with van der Waals surface area (Å²) in [4.78, 5) is 32.3. The van der Waals surface area contributed by atoms with Gasteiger partial charge in [0.05, 0.1) is 18.2 Å². The van der Waals surface area contributed by atoms with E-state index in [2.05, 4.69) is 4.57 Å². The lowest BCUT2D eigenvalue weighted by Crippen LogP contribution is -2.43. The molecule has 1 amide bonds. The topological polar surface area (TPSA) is 64.4 Å². The van der Waals surface area contributed by atoms with Gasteiger partial charge in [0.2, 0.25) is 0 Å². The zero-order valence-electron chi connectivity index (χ0n) is 17.1. The lowest BCUT2D eigenvalue weighted by molar-refractivity contribution is -0.149. The van der Waals surface area contributed by atoms with Crippen LogP contribution in [0.3, 0.4) is 0 Å². The van der Waals surface area contributed by atoms with Gasteiger partial charge in [-0.1, -0.05) is 36.8 Å². The standard InChI is InChI=1S/C23H29N3O3/c1-2-29-23(28)18-12-9-14-25(16-18)22(27)20-19-13-7-4-8-15-26(19)21(24-20)17-10-5-3-6-11-17/h3,5-6,10-11,18H,2,4,7-9,12-16H2,1H3. The van der Waals surface area contributed by atoms with Crippen molar-refractivity contribution in [1.82, 2.24) is 14.5 Å². The molecule has 154 valence electrons. The largest absolute Gasteiger partial charge is 0.466 e. The first-order valence-electron chi connectivity index (χ1n) is 10.8. The number of rotatable bonds is 4. The van der Waals surface area contributed by atoms with Crippen molar-refractivity contribution in [3.8, 4) is 11.4 Å². The molecule has 0 N–H and O–H groups in total. The number of ether oxygens (including phenoxy) is 1. The predicted octanol–water partition coefficient (Wildman–Crippen LogP) is 3.69. The summed E-state index contributed by atoms with van der Waals surface area (Å²) >= 11 is 0. The number of hydrogen-bond donors (Lipinski definition) is 0. The van der Waals surface area contributed by atoms with Gasteiger partial charge in [-0.05, 0) is 39.0 Å². The molecule has 1 aromatic heterocycles. The van der Waals surface area contributed by atoms with Crippen molar-refractivity contribution in [2.45, 2.75) is 52.0 Å². The Morgan fingerprint density at radius 2 is 1.93 bits per heavy atom. The Labute approximate surface area is 171 Å². The number of likely N-dealkylation sites (tertiary alicyclic amines) is 1. The molecule has 1 saturated heterocycles. The Morgan fingerprint density at radius 3 is 2.72 bits per heavy atom. The molecule has 2 aromatic rings. The Morgan fingerprint density at radius 1 is 1.10 bits per heavy atom. The second kappa shape index (κ2) is 8.80. The fraction of sp³-hybridized carbons (Fsp3) is 0.522. The maximum atomic E-state index is 13.5. The maximum Gasteiger partial charge on any atom is 0.310 e. The van der Waals surface area contributed by atoms with Crippen LogP contribution in [0.5, 0.6) is 0 Å². The van der Waals surface area contributed by atoms with Crippen molar-refractivity contribution in [3.63, 3.8) is 0 Å². The number of esters is 1. The summed E-state index contributed by atoms with van der Waals surface area (Å²) in [7, 11) is 0. The number of carbonyl (C=O) groups excluding carboxylic acids is 2. The Kier molecular flexibility index (Phi) is 5.97. The van der Waals surface area contributed by atoms with E-state index in [1.807, 2.05) is 37.3 Å². The van der Waals surface area contributed by atoms with Crippen LogP contribution in [0, 0.1) is 5.92 Å². The van der Waals surface area contributed by atoms with Gasteiger partial charge in [0, 0.05) is 25.2 Å². The summed E-state index contributed by atoms with van der Waals surface area (Å²) in [6.07, 6.45) is 5.81. The SMILES string of the molecule is CCOC(=O)C1CCCN(C(=O)c2nc(-c3ccccc3)n3c2CCCCC3)C1. The van der Waals surface area contributed by atoms with Gasteiger partial charge in [0.15, 0.2) is 0 Å². The van der Waals surface area contributed by atoms with Crippen molar-refractivity contribution in [2.75, 3.05) is 19.7 Å². The van der Waals surface area contributed by atoms with Gasteiger partial charge in [0.1, 0.15) is 11.5 Å². The number of fused-ring (bicyclic) bond motifs is 1. The maximum absolute atomic E-state index is 13.5. The van der Waals surface area contributed by atoms with Crippen LogP contribution < -0.4 is 0 Å². The van der Waals surface area contributed by atoms with Crippen LogP contribution in [0.4, 0.5) is 0 Å². The lowest BCUT2D eigenvalue weighted by Gasteiger charge is -2.31. The van der Waals surface area contributed by atoms with E-state index in [4.69, 9.17) is 9.72 Å². The highest BCUT2D eigenvalue weighted by molar-refractivity contribution is 5.94.